The molecule has 2 rings (SSSR count). The van der Waals surface area contributed by atoms with Crippen LogP contribution in [-0.4, -0.2) is 26.6 Å². The second-order valence-corrected chi connectivity index (χ2v) is 8.84. The molecule has 0 radical (unpaired) electrons. The van der Waals surface area contributed by atoms with Crippen LogP contribution in [0.1, 0.15) is 18.1 Å². The van der Waals surface area contributed by atoms with E-state index in [1.54, 1.807) is 6.07 Å². The molecule has 140 valence electrons. The maximum Gasteiger partial charge on any atom is 0.248 e. The summed E-state index contributed by atoms with van der Waals surface area (Å²) in [5, 5.41) is 3.29. The summed E-state index contributed by atoms with van der Waals surface area (Å²) in [4.78, 5) is 12.7. The van der Waals surface area contributed by atoms with Crippen molar-refractivity contribution in [3.63, 3.8) is 0 Å². The number of aryl methyl sites for hydroxylation is 2. The lowest BCUT2D eigenvalue weighted by Gasteiger charge is -2.29. The first-order valence-electron chi connectivity index (χ1n) is 7.83. The smallest absolute Gasteiger partial charge is 0.248 e. The molecule has 2 aromatic carbocycles. The van der Waals surface area contributed by atoms with E-state index in [1.807, 2.05) is 32.0 Å². The number of halogens is 2. The van der Waals surface area contributed by atoms with Crippen LogP contribution in [0.3, 0.4) is 0 Å². The molecule has 1 amide bonds. The molecule has 5 nitrogen and oxygen atoms in total. The summed E-state index contributed by atoms with van der Waals surface area (Å²) in [5.41, 5.74) is 2.65. The van der Waals surface area contributed by atoms with Gasteiger partial charge in [0, 0.05) is 10.7 Å². The SMILES string of the molecule is Cc1ccc(C)c(NC(=O)C(C)N(c2cc(Cl)ccc2Cl)S(C)(=O)=O)c1. The minimum Gasteiger partial charge on any atom is -0.324 e. The molecule has 0 aliphatic carbocycles. The van der Waals surface area contributed by atoms with Crippen molar-refractivity contribution in [1.29, 1.82) is 0 Å². The standard InChI is InChI=1S/C18H20Cl2N2O3S/c1-11-5-6-12(2)16(9-11)21-18(23)13(3)22(26(4,24)25)17-10-14(19)7-8-15(17)20/h5-10,13H,1-4H3,(H,21,23). The maximum absolute atomic E-state index is 12.7. The zero-order chi connectivity index (χ0) is 19.6. The lowest BCUT2D eigenvalue weighted by atomic mass is 10.1. The van der Waals surface area contributed by atoms with Crippen LogP contribution in [0.25, 0.3) is 0 Å². The number of rotatable bonds is 5. The fourth-order valence-corrected chi connectivity index (χ4v) is 4.15. The first kappa shape index (κ1) is 20.6. The number of nitrogens with zero attached hydrogens (tertiary/aromatic N) is 1. The number of sulfonamides is 1. The number of carbonyl (C=O) groups excluding carboxylic acids is 1. The van der Waals surface area contributed by atoms with Crippen LogP contribution >= 0.6 is 23.2 Å². The average Bonchev–Trinajstić information content (AvgIpc) is 2.53. The molecule has 0 aromatic heterocycles. The Morgan fingerprint density at radius 1 is 1.12 bits per heavy atom. The summed E-state index contributed by atoms with van der Waals surface area (Å²) in [6.45, 7) is 5.27. The molecule has 0 heterocycles. The Balaban J connectivity index is 2.41. The second-order valence-electron chi connectivity index (χ2n) is 6.14. The van der Waals surface area contributed by atoms with Crippen molar-refractivity contribution in [2.75, 3.05) is 15.9 Å². The summed E-state index contributed by atoms with van der Waals surface area (Å²) in [6.07, 6.45) is 1.02. The Morgan fingerprint density at radius 2 is 1.77 bits per heavy atom. The third-order valence-electron chi connectivity index (χ3n) is 3.89. The first-order valence-corrected chi connectivity index (χ1v) is 10.4. The van der Waals surface area contributed by atoms with E-state index in [2.05, 4.69) is 5.32 Å². The molecular formula is C18H20Cl2N2O3S. The van der Waals surface area contributed by atoms with E-state index in [9.17, 15) is 13.2 Å². The Labute approximate surface area is 164 Å². The van der Waals surface area contributed by atoms with Crippen LogP contribution in [0.15, 0.2) is 36.4 Å². The Kier molecular flexibility index (Phi) is 6.21. The quantitative estimate of drug-likeness (QED) is 0.787. The van der Waals surface area contributed by atoms with Gasteiger partial charge in [-0.05, 0) is 56.2 Å². The van der Waals surface area contributed by atoms with Crippen molar-refractivity contribution >= 4 is 50.5 Å². The lowest BCUT2D eigenvalue weighted by molar-refractivity contribution is -0.116. The number of nitrogens with one attached hydrogen (secondary N) is 1. The molecule has 0 saturated heterocycles. The van der Waals surface area contributed by atoms with Crippen LogP contribution in [0, 0.1) is 13.8 Å². The van der Waals surface area contributed by atoms with Crippen LogP contribution in [0.2, 0.25) is 10.0 Å². The van der Waals surface area contributed by atoms with Crippen molar-refractivity contribution < 1.29 is 13.2 Å². The van der Waals surface area contributed by atoms with Crippen molar-refractivity contribution in [3.05, 3.63) is 57.6 Å². The van der Waals surface area contributed by atoms with Gasteiger partial charge in [0.2, 0.25) is 15.9 Å². The molecule has 0 bridgehead atoms. The lowest BCUT2D eigenvalue weighted by Crippen LogP contribution is -2.45. The van der Waals surface area contributed by atoms with E-state index < -0.39 is 22.0 Å². The summed E-state index contributed by atoms with van der Waals surface area (Å²) < 4.78 is 25.7. The van der Waals surface area contributed by atoms with Crippen molar-refractivity contribution in [2.24, 2.45) is 0 Å². The van der Waals surface area contributed by atoms with Crippen LogP contribution < -0.4 is 9.62 Å². The highest BCUT2D eigenvalue weighted by Crippen LogP contribution is 2.32. The molecular weight excluding hydrogens is 395 g/mol. The van der Waals surface area contributed by atoms with E-state index in [0.717, 1.165) is 21.7 Å². The fraction of sp³-hybridized carbons (Fsp3) is 0.278. The van der Waals surface area contributed by atoms with Gasteiger partial charge in [0.25, 0.3) is 0 Å². The zero-order valence-corrected chi connectivity index (χ0v) is 17.2. The number of amides is 1. The molecule has 1 atom stereocenters. The number of hydrogen-bond acceptors (Lipinski definition) is 3. The van der Waals surface area contributed by atoms with E-state index >= 15 is 0 Å². The van der Waals surface area contributed by atoms with Crippen molar-refractivity contribution in [2.45, 2.75) is 26.8 Å². The van der Waals surface area contributed by atoms with E-state index in [1.165, 1.54) is 19.1 Å². The highest BCUT2D eigenvalue weighted by atomic mass is 35.5. The minimum absolute atomic E-state index is 0.158. The van der Waals surface area contributed by atoms with Gasteiger partial charge in [-0.2, -0.15) is 0 Å². The Morgan fingerprint density at radius 3 is 2.38 bits per heavy atom. The molecule has 26 heavy (non-hydrogen) atoms. The average molecular weight is 415 g/mol. The second kappa shape index (κ2) is 7.86. The van der Waals surface area contributed by atoms with Gasteiger partial charge in [-0.25, -0.2) is 8.42 Å². The third kappa shape index (κ3) is 4.69. The summed E-state index contributed by atoms with van der Waals surface area (Å²) in [5.74, 6) is -0.472. The van der Waals surface area contributed by atoms with Crippen molar-refractivity contribution in [1.82, 2.24) is 0 Å². The van der Waals surface area contributed by atoms with Gasteiger partial charge in [0.15, 0.2) is 0 Å². The highest BCUT2D eigenvalue weighted by Gasteiger charge is 2.31. The predicted molar refractivity (Wildman–Crippen MR) is 108 cm³/mol. The molecule has 0 saturated carbocycles. The number of benzene rings is 2. The van der Waals surface area contributed by atoms with Gasteiger partial charge in [-0.1, -0.05) is 35.3 Å². The topological polar surface area (TPSA) is 66.5 Å². The van der Waals surface area contributed by atoms with Gasteiger partial charge < -0.3 is 5.32 Å². The summed E-state index contributed by atoms with van der Waals surface area (Å²) in [7, 11) is -3.78. The van der Waals surface area contributed by atoms with Crippen LogP contribution in [0.4, 0.5) is 11.4 Å². The fourth-order valence-electron chi connectivity index (χ4n) is 2.54. The summed E-state index contributed by atoms with van der Waals surface area (Å²) in [6, 6.07) is 9.09. The van der Waals surface area contributed by atoms with Crippen molar-refractivity contribution in [3.8, 4) is 0 Å². The summed E-state index contributed by atoms with van der Waals surface area (Å²) >= 11 is 12.1. The largest absolute Gasteiger partial charge is 0.324 e. The van der Waals surface area contributed by atoms with Gasteiger partial charge in [-0.15, -0.1) is 0 Å². The monoisotopic (exact) mass is 414 g/mol. The first-order chi connectivity index (χ1) is 12.0. The molecule has 1 unspecified atom stereocenters. The molecule has 0 aliphatic rings. The zero-order valence-electron chi connectivity index (χ0n) is 14.9. The van der Waals surface area contributed by atoms with Gasteiger partial charge in [0.1, 0.15) is 6.04 Å². The van der Waals surface area contributed by atoms with Gasteiger partial charge >= 0.3 is 0 Å². The van der Waals surface area contributed by atoms with E-state index in [0.29, 0.717) is 10.7 Å². The number of carbonyl (C=O) groups is 1. The molecule has 2 aromatic rings. The number of anilines is 2. The highest BCUT2D eigenvalue weighted by molar-refractivity contribution is 7.92. The Hall–Kier alpha value is -1.76. The van der Waals surface area contributed by atoms with Crippen LogP contribution in [-0.2, 0) is 14.8 Å². The molecule has 0 fully saturated rings. The third-order valence-corrected chi connectivity index (χ3v) is 5.67. The van der Waals surface area contributed by atoms with E-state index in [4.69, 9.17) is 23.2 Å². The molecule has 0 spiro atoms. The maximum atomic E-state index is 12.7. The molecule has 0 aliphatic heterocycles. The van der Waals surface area contributed by atoms with Gasteiger partial charge in [-0.3, -0.25) is 9.10 Å². The molecule has 8 heteroatoms. The van der Waals surface area contributed by atoms with Crippen LogP contribution in [0.5, 0.6) is 0 Å². The van der Waals surface area contributed by atoms with E-state index in [-0.39, 0.29) is 10.7 Å². The predicted octanol–water partition coefficient (Wildman–Crippen LogP) is 4.40. The Bertz CT molecular complexity index is 945. The minimum atomic E-state index is -3.78. The van der Waals surface area contributed by atoms with Gasteiger partial charge in [0.05, 0.1) is 17.0 Å². The normalized spacial score (nSPS) is 12.5. The molecule has 1 N–H and O–H groups in total. The number of hydrogen-bond donors (Lipinski definition) is 1.